The van der Waals surface area contributed by atoms with Gasteiger partial charge in [0.1, 0.15) is 5.75 Å². The molecule has 134 valence electrons. The number of aromatic nitrogens is 2. The third kappa shape index (κ3) is 4.92. The fourth-order valence-electron chi connectivity index (χ4n) is 2.49. The fourth-order valence-corrected chi connectivity index (χ4v) is 2.49. The Bertz CT molecular complexity index is 829. The van der Waals surface area contributed by atoms with Crippen molar-refractivity contribution in [2.45, 2.75) is 25.8 Å². The largest absolute Gasteiger partial charge is 0.497 e. The Labute approximate surface area is 152 Å². The van der Waals surface area contributed by atoms with Gasteiger partial charge in [-0.25, -0.2) is 0 Å². The molecule has 0 aliphatic heterocycles. The summed E-state index contributed by atoms with van der Waals surface area (Å²) in [4.78, 5) is 16.3. The minimum atomic E-state index is 0.00335. The topological polar surface area (TPSA) is 77.2 Å². The lowest BCUT2D eigenvalue weighted by molar-refractivity contribution is -0.121. The summed E-state index contributed by atoms with van der Waals surface area (Å²) in [7, 11) is 1.63. The molecule has 2 aromatic carbocycles. The fraction of sp³-hybridized carbons (Fsp3) is 0.250. The molecular formula is C20H21N3O3. The van der Waals surface area contributed by atoms with E-state index in [1.807, 2.05) is 54.6 Å². The minimum Gasteiger partial charge on any atom is -0.497 e. The normalized spacial score (nSPS) is 10.5. The summed E-state index contributed by atoms with van der Waals surface area (Å²) >= 11 is 0. The quantitative estimate of drug-likeness (QED) is 0.673. The molecule has 3 aromatic rings. The summed E-state index contributed by atoms with van der Waals surface area (Å²) in [5.74, 6) is 1.93. The van der Waals surface area contributed by atoms with Crippen molar-refractivity contribution in [2.75, 3.05) is 7.11 Å². The monoisotopic (exact) mass is 351 g/mol. The van der Waals surface area contributed by atoms with Crippen molar-refractivity contribution in [3.63, 3.8) is 0 Å². The number of amides is 1. The number of hydrogen-bond acceptors (Lipinski definition) is 5. The first-order chi connectivity index (χ1) is 12.7. The van der Waals surface area contributed by atoms with Crippen LogP contribution < -0.4 is 10.1 Å². The maximum Gasteiger partial charge on any atom is 0.226 e. The van der Waals surface area contributed by atoms with E-state index in [2.05, 4.69) is 15.5 Å². The van der Waals surface area contributed by atoms with Gasteiger partial charge in [-0.2, -0.15) is 4.98 Å². The van der Waals surface area contributed by atoms with E-state index in [4.69, 9.17) is 9.26 Å². The number of hydrogen-bond donors (Lipinski definition) is 1. The van der Waals surface area contributed by atoms with Crippen molar-refractivity contribution in [3.8, 4) is 17.1 Å². The molecule has 6 heteroatoms. The predicted molar refractivity (Wildman–Crippen MR) is 97.5 cm³/mol. The Morgan fingerprint density at radius 1 is 1.12 bits per heavy atom. The lowest BCUT2D eigenvalue weighted by atomic mass is 10.2. The highest BCUT2D eigenvalue weighted by atomic mass is 16.5. The molecule has 0 fully saturated rings. The van der Waals surface area contributed by atoms with Crippen molar-refractivity contribution in [1.29, 1.82) is 0 Å². The Kier molecular flexibility index (Phi) is 5.98. The number of carbonyl (C=O) groups is 1. The van der Waals surface area contributed by atoms with Crippen molar-refractivity contribution < 1.29 is 14.1 Å². The van der Waals surface area contributed by atoms with Gasteiger partial charge in [0, 0.05) is 24.9 Å². The van der Waals surface area contributed by atoms with Crippen LogP contribution in [0.1, 0.15) is 24.3 Å². The van der Waals surface area contributed by atoms with Gasteiger partial charge in [-0.3, -0.25) is 4.79 Å². The van der Waals surface area contributed by atoms with E-state index in [0.717, 1.165) is 16.9 Å². The van der Waals surface area contributed by atoms with Crippen LogP contribution in [0, 0.1) is 0 Å². The average Bonchev–Trinajstić information content (AvgIpc) is 3.16. The zero-order chi connectivity index (χ0) is 18.2. The molecule has 0 saturated carbocycles. The molecule has 0 unspecified atom stereocenters. The summed E-state index contributed by atoms with van der Waals surface area (Å²) < 4.78 is 10.4. The van der Waals surface area contributed by atoms with Crippen molar-refractivity contribution in [3.05, 3.63) is 66.1 Å². The Hall–Kier alpha value is -3.15. The molecule has 0 radical (unpaired) electrons. The standard InChI is InChI=1S/C20H21N3O3/c1-25-17-12-10-15(11-13-17)14-21-18(24)8-5-9-19-22-20(23-26-19)16-6-3-2-4-7-16/h2-4,6-7,10-13H,5,8-9,14H2,1H3,(H,21,24). The maximum atomic E-state index is 12.0. The number of methoxy groups -OCH3 is 1. The van der Waals surface area contributed by atoms with Gasteiger partial charge in [0.05, 0.1) is 7.11 Å². The lowest BCUT2D eigenvalue weighted by Crippen LogP contribution is -2.22. The Morgan fingerprint density at radius 2 is 1.88 bits per heavy atom. The molecule has 3 rings (SSSR count). The average molecular weight is 351 g/mol. The molecule has 0 atom stereocenters. The van der Waals surface area contributed by atoms with Crippen LogP contribution in [0.25, 0.3) is 11.4 Å². The van der Waals surface area contributed by atoms with Gasteiger partial charge in [-0.05, 0) is 24.1 Å². The van der Waals surface area contributed by atoms with E-state index in [9.17, 15) is 4.79 Å². The van der Waals surface area contributed by atoms with E-state index in [-0.39, 0.29) is 5.91 Å². The highest BCUT2D eigenvalue weighted by molar-refractivity contribution is 5.75. The Morgan fingerprint density at radius 3 is 2.62 bits per heavy atom. The second kappa shape index (κ2) is 8.80. The predicted octanol–water partition coefficient (Wildman–Crippen LogP) is 3.38. The van der Waals surface area contributed by atoms with E-state index in [1.54, 1.807) is 7.11 Å². The molecule has 6 nitrogen and oxygen atoms in total. The molecule has 0 aliphatic rings. The van der Waals surface area contributed by atoms with Crippen LogP contribution in [-0.4, -0.2) is 23.2 Å². The summed E-state index contributed by atoms with van der Waals surface area (Å²) in [5, 5.41) is 6.88. The molecular weight excluding hydrogens is 330 g/mol. The van der Waals surface area contributed by atoms with Gasteiger partial charge in [-0.15, -0.1) is 0 Å². The first-order valence-electron chi connectivity index (χ1n) is 8.52. The second-order valence-corrected chi connectivity index (χ2v) is 5.86. The van der Waals surface area contributed by atoms with Gasteiger partial charge in [0.2, 0.25) is 17.6 Å². The Balaban J connectivity index is 1.40. The van der Waals surface area contributed by atoms with E-state index in [1.165, 1.54) is 0 Å². The molecule has 1 amide bonds. The van der Waals surface area contributed by atoms with E-state index >= 15 is 0 Å². The first-order valence-corrected chi connectivity index (χ1v) is 8.52. The van der Waals surface area contributed by atoms with Crippen molar-refractivity contribution in [1.82, 2.24) is 15.5 Å². The van der Waals surface area contributed by atoms with Crippen LogP contribution in [0.2, 0.25) is 0 Å². The number of nitrogens with zero attached hydrogens (tertiary/aromatic N) is 2. The van der Waals surface area contributed by atoms with Crippen LogP contribution in [-0.2, 0) is 17.8 Å². The van der Waals surface area contributed by atoms with Gasteiger partial charge in [0.25, 0.3) is 0 Å². The van der Waals surface area contributed by atoms with Crippen LogP contribution in [0.4, 0.5) is 0 Å². The summed E-state index contributed by atoms with van der Waals surface area (Å²) in [6.45, 7) is 0.502. The zero-order valence-corrected chi connectivity index (χ0v) is 14.6. The highest BCUT2D eigenvalue weighted by Gasteiger charge is 2.09. The SMILES string of the molecule is COc1ccc(CNC(=O)CCCc2nc(-c3ccccc3)no2)cc1. The summed E-state index contributed by atoms with van der Waals surface area (Å²) in [6.07, 6.45) is 1.65. The van der Waals surface area contributed by atoms with Gasteiger partial charge < -0.3 is 14.6 Å². The van der Waals surface area contributed by atoms with Gasteiger partial charge in [0.15, 0.2) is 0 Å². The maximum absolute atomic E-state index is 12.0. The number of rotatable bonds is 8. The molecule has 0 aliphatic carbocycles. The lowest BCUT2D eigenvalue weighted by Gasteiger charge is -2.06. The molecule has 0 spiro atoms. The number of aryl methyl sites for hydroxylation is 1. The van der Waals surface area contributed by atoms with Crippen LogP contribution in [0.15, 0.2) is 59.1 Å². The smallest absolute Gasteiger partial charge is 0.226 e. The van der Waals surface area contributed by atoms with Gasteiger partial charge in [-0.1, -0.05) is 47.6 Å². The minimum absolute atomic E-state index is 0.00335. The zero-order valence-electron chi connectivity index (χ0n) is 14.6. The summed E-state index contributed by atoms with van der Waals surface area (Å²) in [6, 6.07) is 17.3. The second-order valence-electron chi connectivity index (χ2n) is 5.86. The number of nitrogens with one attached hydrogen (secondary N) is 1. The van der Waals surface area contributed by atoms with Crippen molar-refractivity contribution >= 4 is 5.91 Å². The number of benzene rings is 2. The molecule has 1 aromatic heterocycles. The third-order valence-corrected chi connectivity index (χ3v) is 3.94. The van der Waals surface area contributed by atoms with E-state index < -0.39 is 0 Å². The van der Waals surface area contributed by atoms with Gasteiger partial charge >= 0.3 is 0 Å². The summed E-state index contributed by atoms with van der Waals surface area (Å²) in [5.41, 5.74) is 1.95. The van der Waals surface area contributed by atoms with Crippen LogP contribution in [0.3, 0.4) is 0 Å². The first kappa shape index (κ1) is 17.7. The number of carbonyl (C=O) groups excluding carboxylic acids is 1. The molecule has 0 saturated heterocycles. The molecule has 26 heavy (non-hydrogen) atoms. The van der Waals surface area contributed by atoms with Crippen LogP contribution in [0.5, 0.6) is 5.75 Å². The highest BCUT2D eigenvalue weighted by Crippen LogP contribution is 2.15. The number of ether oxygens (including phenoxy) is 1. The third-order valence-electron chi connectivity index (χ3n) is 3.94. The molecule has 1 heterocycles. The molecule has 1 N–H and O–H groups in total. The van der Waals surface area contributed by atoms with Crippen molar-refractivity contribution in [2.24, 2.45) is 0 Å². The van der Waals surface area contributed by atoms with E-state index in [0.29, 0.717) is 37.5 Å². The molecule has 0 bridgehead atoms. The van der Waals surface area contributed by atoms with Crippen LogP contribution >= 0.6 is 0 Å².